The Morgan fingerprint density at radius 3 is 2.38 bits per heavy atom. The summed E-state index contributed by atoms with van der Waals surface area (Å²) in [7, 11) is 0. The van der Waals surface area contributed by atoms with Crippen LogP contribution in [0.5, 0.6) is 0 Å². The Kier molecular flexibility index (Phi) is 5.50. The second-order valence-corrected chi connectivity index (χ2v) is 2.53. The van der Waals surface area contributed by atoms with E-state index < -0.39 is 37.5 Å². The predicted molar refractivity (Wildman–Crippen MR) is 41.1 cm³/mol. The molecule has 0 aliphatic carbocycles. The fraction of sp³-hybridized carbons (Fsp3) is 0.667. The van der Waals surface area contributed by atoms with Crippen LogP contribution in [-0.2, 0) is 9.63 Å². The number of nitrogens with one attached hydrogen (secondary N) is 2. The lowest BCUT2D eigenvalue weighted by molar-refractivity contribution is -0.144. The van der Waals surface area contributed by atoms with Gasteiger partial charge in [-0.1, -0.05) is 0 Å². The van der Waals surface area contributed by atoms with Gasteiger partial charge in [-0.25, -0.2) is 23.9 Å². The van der Waals surface area contributed by atoms with Crippen LogP contribution in [0.25, 0.3) is 0 Å². The van der Waals surface area contributed by atoms with E-state index in [4.69, 9.17) is 5.11 Å². The molecule has 0 rings (SSSR count). The van der Waals surface area contributed by atoms with Gasteiger partial charge >= 0.3 is 24.3 Å². The zero-order chi connectivity index (χ0) is 12.8. The predicted octanol–water partition coefficient (Wildman–Crippen LogP) is 0.202. The topological polar surface area (TPSA) is 87.7 Å². The Morgan fingerprint density at radius 2 is 1.94 bits per heavy atom. The van der Waals surface area contributed by atoms with Crippen molar-refractivity contribution in [1.29, 1.82) is 0 Å². The molecule has 0 aliphatic rings. The Balaban J connectivity index is 3.77. The van der Waals surface area contributed by atoms with Crippen LogP contribution in [0.1, 0.15) is 0 Å². The summed E-state index contributed by atoms with van der Waals surface area (Å²) in [4.78, 5) is 24.4. The van der Waals surface area contributed by atoms with Crippen LogP contribution in [0.2, 0.25) is 0 Å². The number of rotatable bonds is 6. The highest BCUT2D eigenvalue weighted by Gasteiger charge is 2.40. The number of aliphatic carboxylic acids is 1. The van der Waals surface area contributed by atoms with Crippen molar-refractivity contribution in [2.75, 3.05) is 13.2 Å². The number of alkyl halides is 4. The van der Waals surface area contributed by atoms with Gasteiger partial charge in [-0.05, 0) is 0 Å². The Bertz CT molecular complexity index is 261. The minimum Gasteiger partial charge on any atom is -0.479 e. The van der Waals surface area contributed by atoms with Crippen molar-refractivity contribution in [3.8, 4) is 0 Å². The van der Waals surface area contributed by atoms with Gasteiger partial charge in [0, 0.05) is 0 Å². The molecule has 0 saturated heterocycles. The first-order chi connectivity index (χ1) is 7.25. The smallest absolute Gasteiger partial charge is 0.338 e. The van der Waals surface area contributed by atoms with Crippen LogP contribution in [0.4, 0.5) is 22.4 Å². The van der Waals surface area contributed by atoms with Crippen LogP contribution < -0.4 is 10.8 Å². The maximum absolute atomic E-state index is 12.2. The summed E-state index contributed by atoms with van der Waals surface area (Å²) in [5.41, 5.74) is 1.42. The lowest BCUT2D eigenvalue weighted by Gasteiger charge is -2.15. The van der Waals surface area contributed by atoms with Crippen molar-refractivity contribution in [1.82, 2.24) is 10.8 Å². The van der Waals surface area contributed by atoms with Gasteiger partial charge < -0.3 is 10.4 Å². The number of carboxylic acid groups (broad SMARTS) is 1. The molecule has 0 unspecified atom stereocenters. The Morgan fingerprint density at radius 1 is 1.38 bits per heavy atom. The first-order valence-corrected chi connectivity index (χ1v) is 3.79. The summed E-state index contributed by atoms with van der Waals surface area (Å²) in [6, 6.07) is -1.35. The molecule has 0 atom stereocenters. The van der Waals surface area contributed by atoms with Crippen molar-refractivity contribution < 1.29 is 37.1 Å². The molecule has 94 valence electrons. The van der Waals surface area contributed by atoms with E-state index in [2.05, 4.69) is 4.84 Å². The molecule has 0 heterocycles. The monoisotopic (exact) mass is 248 g/mol. The minimum absolute atomic E-state index is 0.890. The molecule has 0 spiro atoms. The van der Waals surface area contributed by atoms with Gasteiger partial charge in [0.1, 0.15) is 0 Å². The number of hydrogen-bond donors (Lipinski definition) is 3. The molecule has 0 bridgehead atoms. The zero-order valence-electron chi connectivity index (χ0n) is 7.68. The SMILES string of the molecule is O=C(O)CONC(=O)NCC(F)(F)C(F)F. The molecule has 0 aromatic heterocycles. The van der Waals surface area contributed by atoms with Gasteiger partial charge in [-0.2, -0.15) is 8.78 Å². The van der Waals surface area contributed by atoms with E-state index in [1.165, 1.54) is 10.8 Å². The van der Waals surface area contributed by atoms with Gasteiger partial charge in [-0.15, -0.1) is 0 Å². The van der Waals surface area contributed by atoms with Crippen molar-refractivity contribution in [2.45, 2.75) is 12.3 Å². The van der Waals surface area contributed by atoms with E-state index in [-0.39, 0.29) is 0 Å². The average Bonchev–Trinajstić information content (AvgIpc) is 2.14. The van der Waals surface area contributed by atoms with Gasteiger partial charge in [-0.3, -0.25) is 4.84 Å². The van der Waals surface area contributed by atoms with E-state index in [1.807, 2.05) is 0 Å². The summed E-state index contributed by atoms with van der Waals surface area (Å²) >= 11 is 0. The highest BCUT2D eigenvalue weighted by atomic mass is 19.3. The van der Waals surface area contributed by atoms with Crippen LogP contribution in [0.3, 0.4) is 0 Å². The van der Waals surface area contributed by atoms with E-state index in [1.54, 1.807) is 0 Å². The number of urea groups is 1. The number of carbonyl (C=O) groups excluding carboxylic acids is 1. The molecule has 0 aliphatic heterocycles. The lowest BCUT2D eigenvalue weighted by Crippen LogP contribution is -2.45. The van der Waals surface area contributed by atoms with Crippen molar-refractivity contribution in [2.24, 2.45) is 0 Å². The van der Waals surface area contributed by atoms with E-state index in [0.717, 1.165) is 0 Å². The maximum Gasteiger partial charge on any atom is 0.338 e. The van der Waals surface area contributed by atoms with Crippen molar-refractivity contribution in [3.05, 3.63) is 0 Å². The second kappa shape index (κ2) is 6.10. The molecular weight excluding hydrogens is 240 g/mol. The number of hydroxylamine groups is 1. The third-order valence-corrected chi connectivity index (χ3v) is 1.16. The van der Waals surface area contributed by atoms with Crippen molar-refractivity contribution >= 4 is 12.0 Å². The minimum atomic E-state index is -4.36. The zero-order valence-corrected chi connectivity index (χ0v) is 7.68. The Hall–Kier alpha value is -1.58. The molecule has 6 nitrogen and oxygen atoms in total. The molecule has 0 saturated carbocycles. The first-order valence-electron chi connectivity index (χ1n) is 3.79. The number of hydrogen-bond acceptors (Lipinski definition) is 3. The van der Waals surface area contributed by atoms with Gasteiger partial charge in [0.05, 0.1) is 6.54 Å². The third-order valence-electron chi connectivity index (χ3n) is 1.16. The summed E-state index contributed by atoms with van der Waals surface area (Å²) in [6.45, 7) is -2.48. The highest BCUT2D eigenvalue weighted by Crippen LogP contribution is 2.21. The second-order valence-electron chi connectivity index (χ2n) is 2.53. The number of amides is 2. The fourth-order valence-corrected chi connectivity index (χ4v) is 0.475. The first kappa shape index (κ1) is 14.4. The van der Waals surface area contributed by atoms with E-state index >= 15 is 0 Å². The summed E-state index contributed by atoms with van der Waals surface area (Å²) in [5.74, 6) is -5.76. The molecular formula is C6H8F4N2O4. The standard InChI is InChI=1S/C6H8F4N2O4/c7-4(8)6(9,10)2-11-5(15)12-16-1-3(13)14/h4H,1-2H2,(H,13,14)(H2,11,12,15). The van der Waals surface area contributed by atoms with Gasteiger partial charge in [0.2, 0.25) is 0 Å². The largest absolute Gasteiger partial charge is 0.479 e. The average molecular weight is 248 g/mol. The van der Waals surface area contributed by atoms with Gasteiger partial charge in [0.25, 0.3) is 0 Å². The maximum atomic E-state index is 12.2. The Labute approximate surface area is 86.5 Å². The molecule has 3 N–H and O–H groups in total. The molecule has 0 aromatic rings. The van der Waals surface area contributed by atoms with E-state index in [9.17, 15) is 27.2 Å². The van der Waals surface area contributed by atoms with Crippen LogP contribution in [0, 0.1) is 0 Å². The van der Waals surface area contributed by atoms with Crippen LogP contribution >= 0.6 is 0 Å². The number of carbonyl (C=O) groups is 2. The summed E-state index contributed by atoms with van der Waals surface area (Å²) in [5, 5.41) is 9.42. The summed E-state index contributed by atoms with van der Waals surface area (Å²) < 4.78 is 47.6. The fourth-order valence-electron chi connectivity index (χ4n) is 0.475. The molecule has 0 radical (unpaired) electrons. The molecule has 0 aromatic carbocycles. The van der Waals surface area contributed by atoms with Crippen LogP contribution in [-0.4, -0.2) is 42.6 Å². The van der Waals surface area contributed by atoms with E-state index in [0.29, 0.717) is 0 Å². The third kappa shape index (κ3) is 6.01. The normalized spacial score (nSPS) is 11.3. The lowest BCUT2D eigenvalue weighted by atomic mass is 10.3. The van der Waals surface area contributed by atoms with Gasteiger partial charge in [0.15, 0.2) is 6.61 Å². The van der Waals surface area contributed by atoms with Crippen LogP contribution in [0.15, 0.2) is 0 Å². The quantitative estimate of drug-likeness (QED) is 0.463. The molecule has 16 heavy (non-hydrogen) atoms. The molecule has 2 amide bonds. The van der Waals surface area contributed by atoms with Crippen molar-refractivity contribution in [3.63, 3.8) is 0 Å². The molecule has 10 heteroatoms. The number of carboxylic acids is 1. The highest BCUT2D eigenvalue weighted by molar-refractivity contribution is 5.73. The number of halogens is 4. The molecule has 0 fully saturated rings. The summed E-state index contributed by atoms with van der Waals surface area (Å²) in [6.07, 6.45) is -3.91.